The first-order valence-corrected chi connectivity index (χ1v) is 7.46. The highest BCUT2D eigenvalue weighted by Gasteiger charge is 2.35. The number of ether oxygens (including phenoxy) is 1. The van der Waals surface area contributed by atoms with Gasteiger partial charge in [0.15, 0.2) is 0 Å². The number of hydrogen-bond acceptors (Lipinski definition) is 5. The molecular formula is C16H25N3O2. The molecule has 0 bridgehead atoms. The predicted molar refractivity (Wildman–Crippen MR) is 83.7 cm³/mol. The fourth-order valence-electron chi connectivity index (χ4n) is 3.06. The maximum atomic E-state index is 11.6. The summed E-state index contributed by atoms with van der Waals surface area (Å²) in [7, 11) is 5.67. The third-order valence-electron chi connectivity index (χ3n) is 4.57. The number of carbonyl (C=O) groups excluding carboxylic acids is 1. The van der Waals surface area contributed by atoms with Gasteiger partial charge in [0, 0.05) is 12.1 Å². The predicted octanol–water partition coefficient (Wildman–Crippen LogP) is 2.46. The van der Waals surface area contributed by atoms with Crippen LogP contribution in [-0.2, 0) is 4.74 Å². The van der Waals surface area contributed by atoms with E-state index < -0.39 is 0 Å². The molecule has 116 valence electrons. The van der Waals surface area contributed by atoms with Gasteiger partial charge in [0.1, 0.15) is 5.82 Å². The molecule has 0 saturated heterocycles. The van der Waals surface area contributed by atoms with Crippen molar-refractivity contribution in [1.29, 1.82) is 0 Å². The van der Waals surface area contributed by atoms with Gasteiger partial charge in [-0.2, -0.15) is 0 Å². The second-order valence-corrected chi connectivity index (χ2v) is 6.00. The molecule has 0 aliphatic heterocycles. The van der Waals surface area contributed by atoms with E-state index in [4.69, 9.17) is 4.74 Å². The third kappa shape index (κ3) is 3.35. The normalized spacial score (nSPS) is 17.0. The van der Waals surface area contributed by atoms with E-state index in [0.29, 0.717) is 11.3 Å². The molecule has 0 amide bonds. The van der Waals surface area contributed by atoms with Crippen LogP contribution in [-0.4, -0.2) is 49.1 Å². The summed E-state index contributed by atoms with van der Waals surface area (Å²) in [5.74, 6) is 0.473. The number of aromatic nitrogens is 1. The van der Waals surface area contributed by atoms with Crippen molar-refractivity contribution in [1.82, 2.24) is 9.88 Å². The Hall–Kier alpha value is -1.62. The molecule has 0 atom stereocenters. The molecule has 1 saturated carbocycles. The van der Waals surface area contributed by atoms with Gasteiger partial charge < -0.3 is 15.0 Å². The number of carbonyl (C=O) groups is 1. The maximum Gasteiger partial charge on any atom is 0.339 e. The quantitative estimate of drug-likeness (QED) is 0.845. The molecule has 1 aromatic rings. The van der Waals surface area contributed by atoms with E-state index in [2.05, 4.69) is 29.3 Å². The van der Waals surface area contributed by atoms with Crippen molar-refractivity contribution >= 4 is 11.8 Å². The summed E-state index contributed by atoms with van der Waals surface area (Å²) in [6.45, 7) is 2.71. The number of pyridine rings is 1. The van der Waals surface area contributed by atoms with Crippen LogP contribution in [0.5, 0.6) is 0 Å². The monoisotopic (exact) mass is 291 g/mol. The second kappa shape index (κ2) is 6.43. The van der Waals surface area contributed by atoms with Crippen molar-refractivity contribution < 1.29 is 9.53 Å². The number of likely N-dealkylation sites (N-methyl/N-ethyl adjacent to an activating group) is 1. The summed E-state index contributed by atoms with van der Waals surface area (Å²) in [5.41, 5.74) is 1.43. The van der Waals surface area contributed by atoms with Crippen LogP contribution in [0, 0.1) is 6.92 Å². The van der Waals surface area contributed by atoms with Crippen molar-refractivity contribution in [3.63, 3.8) is 0 Å². The summed E-state index contributed by atoms with van der Waals surface area (Å²) in [4.78, 5) is 18.3. The van der Waals surface area contributed by atoms with E-state index in [-0.39, 0.29) is 11.5 Å². The summed E-state index contributed by atoms with van der Waals surface area (Å²) >= 11 is 0. The molecule has 1 N–H and O–H groups in total. The van der Waals surface area contributed by atoms with Gasteiger partial charge >= 0.3 is 5.97 Å². The molecule has 5 heteroatoms. The molecule has 5 nitrogen and oxygen atoms in total. The lowest BCUT2D eigenvalue weighted by Crippen LogP contribution is -2.47. The Labute approximate surface area is 126 Å². The van der Waals surface area contributed by atoms with Crippen LogP contribution in [0.15, 0.2) is 12.1 Å². The molecular weight excluding hydrogens is 266 g/mol. The number of aryl methyl sites for hydroxylation is 1. The molecule has 1 heterocycles. The number of nitrogens with zero attached hydrogens (tertiary/aromatic N) is 2. The van der Waals surface area contributed by atoms with Crippen LogP contribution < -0.4 is 5.32 Å². The molecule has 2 rings (SSSR count). The zero-order valence-electron chi connectivity index (χ0n) is 13.4. The lowest BCUT2D eigenvalue weighted by atomic mass is 9.96. The first kappa shape index (κ1) is 15.8. The Morgan fingerprint density at radius 2 is 2.05 bits per heavy atom. The zero-order chi connectivity index (χ0) is 15.5. The number of hydrogen-bond donors (Lipinski definition) is 1. The Kier molecular flexibility index (Phi) is 4.83. The lowest BCUT2D eigenvalue weighted by Gasteiger charge is -2.36. The first-order valence-electron chi connectivity index (χ1n) is 7.46. The minimum Gasteiger partial charge on any atom is -0.465 e. The smallest absolute Gasteiger partial charge is 0.339 e. The molecule has 21 heavy (non-hydrogen) atoms. The summed E-state index contributed by atoms with van der Waals surface area (Å²) in [5, 5.41) is 3.43. The van der Waals surface area contributed by atoms with Crippen molar-refractivity contribution in [3.05, 3.63) is 23.4 Å². The van der Waals surface area contributed by atoms with Crippen LogP contribution in [0.3, 0.4) is 0 Å². The largest absolute Gasteiger partial charge is 0.465 e. The van der Waals surface area contributed by atoms with E-state index >= 15 is 0 Å². The highest BCUT2D eigenvalue weighted by atomic mass is 16.5. The zero-order valence-corrected chi connectivity index (χ0v) is 13.4. The molecule has 1 fully saturated rings. The number of nitrogens with one attached hydrogen (secondary N) is 1. The van der Waals surface area contributed by atoms with Gasteiger partial charge in [0.25, 0.3) is 0 Å². The van der Waals surface area contributed by atoms with E-state index in [1.54, 1.807) is 6.07 Å². The van der Waals surface area contributed by atoms with Gasteiger partial charge in [-0.05, 0) is 46.0 Å². The SMILES string of the molecule is COC(=O)c1ccc(NCC2(N(C)C)CCCC2)nc1C. The Morgan fingerprint density at radius 1 is 1.38 bits per heavy atom. The van der Waals surface area contributed by atoms with E-state index in [0.717, 1.165) is 12.4 Å². The minimum atomic E-state index is -0.341. The summed E-state index contributed by atoms with van der Waals surface area (Å²) in [6.07, 6.45) is 5.00. The minimum absolute atomic E-state index is 0.219. The van der Waals surface area contributed by atoms with Crippen LogP contribution in [0.25, 0.3) is 0 Å². The summed E-state index contributed by atoms with van der Waals surface area (Å²) < 4.78 is 4.74. The van der Waals surface area contributed by atoms with E-state index in [1.807, 2.05) is 13.0 Å². The van der Waals surface area contributed by atoms with Gasteiger partial charge in [-0.25, -0.2) is 9.78 Å². The van der Waals surface area contributed by atoms with Crippen molar-refractivity contribution in [3.8, 4) is 0 Å². The second-order valence-electron chi connectivity index (χ2n) is 6.00. The average molecular weight is 291 g/mol. The van der Waals surface area contributed by atoms with Gasteiger partial charge in [-0.15, -0.1) is 0 Å². The Bertz CT molecular complexity index is 508. The Balaban J connectivity index is 2.07. The van der Waals surface area contributed by atoms with Crippen LogP contribution in [0.2, 0.25) is 0 Å². The number of anilines is 1. The molecule has 0 unspecified atom stereocenters. The van der Waals surface area contributed by atoms with E-state index in [9.17, 15) is 4.79 Å². The average Bonchev–Trinajstić information content (AvgIpc) is 2.94. The molecule has 1 aromatic heterocycles. The van der Waals surface area contributed by atoms with Crippen molar-refractivity contribution in [2.24, 2.45) is 0 Å². The third-order valence-corrected chi connectivity index (χ3v) is 4.57. The molecule has 1 aliphatic carbocycles. The topological polar surface area (TPSA) is 54.5 Å². The standard InChI is InChI=1S/C16H25N3O2/c1-12-13(15(20)21-4)7-8-14(18-12)17-11-16(19(2)3)9-5-6-10-16/h7-8H,5-6,9-11H2,1-4H3,(H,17,18). The maximum absolute atomic E-state index is 11.6. The summed E-state index contributed by atoms with van der Waals surface area (Å²) in [6, 6.07) is 3.62. The van der Waals surface area contributed by atoms with Crippen molar-refractivity contribution in [2.45, 2.75) is 38.1 Å². The Morgan fingerprint density at radius 3 is 2.57 bits per heavy atom. The highest BCUT2D eigenvalue weighted by molar-refractivity contribution is 5.90. The van der Waals surface area contributed by atoms with Gasteiger partial charge in [0.2, 0.25) is 0 Å². The van der Waals surface area contributed by atoms with Crippen molar-refractivity contribution in [2.75, 3.05) is 33.1 Å². The lowest BCUT2D eigenvalue weighted by molar-refractivity contribution is 0.0599. The molecule has 1 aliphatic rings. The van der Waals surface area contributed by atoms with Crippen LogP contribution in [0.4, 0.5) is 5.82 Å². The highest BCUT2D eigenvalue weighted by Crippen LogP contribution is 2.33. The van der Waals surface area contributed by atoms with Gasteiger partial charge in [-0.1, -0.05) is 12.8 Å². The number of methoxy groups -OCH3 is 1. The fraction of sp³-hybridized carbons (Fsp3) is 0.625. The molecule has 0 radical (unpaired) electrons. The van der Waals surface area contributed by atoms with Gasteiger partial charge in [-0.3, -0.25) is 0 Å². The van der Waals surface area contributed by atoms with Crippen LogP contribution >= 0.6 is 0 Å². The number of esters is 1. The molecule has 0 aromatic carbocycles. The number of rotatable bonds is 5. The van der Waals surface area contributed by atoms with Crippen LogP contribution in [0.1, 0.15) is 41.7 Å². The fourth-order valence-corrected chi connectivity index (χ4v) is 3.06. The molecule has 0 spiro atoms. The van der Waals surface area contributed by atoms with Gasteiger partial charge in [0.05, 0.1) is 18.4 Å². The first-order chi connectivity index (χ1) is 9.98. The van der Waals surface area contributed by atoms with E-state index in [1.165, 1.54) is 32.8 Å².